The molecule has 2 rings (SSSR count). The molecule has 0 atom stereocenters. The highest BCUT2D eigenvalue weighted by Gasteiger charge is 2.14. The SMILES string of the molecule is CCc1cccc(NC(=O)CNc2ccc(F)c([N+](=O)[O-])c2)c1. The van der Waals surface area contributed by atoms with E-state index in [2.05, 4.69) is 10.6 Å². The molecular weight excluding hydrogens is 301 g/mol. The molecule has 6 nitrogen and oxygen atoms in total. The highest BCUT2D eigenvalue weighted by atomic mass is 19.1. The van der Waals surface area contributed by atoms with E-state index in [1.54, 1.807) is 6.07 Å². The normalized spacial score (nSPS) is 10.2. The molecule has 1 amide bonds. The Labute approximate surface area is 132 Å². The lowest BCUT2D eigenvalue weighted by atomic mass is 10.1. The van der Waals surface area contributed by atoms with Gasteiger partial charge in [-0.25, -0.2) is 0 Å². The van der Waals surface area contributed by atoms with E-state index in [1.807, 2.05) is 25.1 Å². The first-order valence-corrected chi connectivity index (χ1v) is 7.06. The second-order valence-electron chi connectivity index (χ2n) is 4.88. The standard InChI is InChI=1S/C16H16FN3O3/c1-2-11-4-3-5-13(8-11)19-16(21)10-18-12-6-7-14(17)15(9-12)20(22)23/h3-9,18H,2,10H2,1H3,(H,19,21). The van der Waals surface area contributed by atoms with E-state index in [-0.39, 0.29) is 12.5 Å². The van der Waals surface area contributed by atoms with E-state index >= 15 is 0 Å². The summed E-state index contributed by atoms with van der Waals surface area (Å²) in [5.74, 6) is -1.22. The van der Waals surface area contributed by atoms with Crippen molar-refractivity contribution in [3.05, 3.63) is 64.0 Å². The molecule has 0 fully saturated rings. The maximum absolute atomic E-state index is 13.2. The van der Waals surface area contributed by atoms with Crippen molar-refractivity contribution in [3.8, 4) is 0 Å². The molecule has 120 valence electrons. The minimum atomic E-state index is -0.915. The predicted molar refractivity (Wildman–Crippen MR) is 86.0 cm³/mol. The lowest BCUT2D eigenvalue weighted by Gasteiger charge is -2.09. The van der Waals surface area contributed by atoms with E-state index in [4.69, 9.17) is 0 Å². The summed E-state index contributed by atoms with van der Waals surface area (Å²) < 4.78 is 13.2. The minimum absolute atomic E-state index is 0.0842. The van der Waals surface area contributed by atoms with Crippen LogP contribution in [-0.4, -0.2) is 17.4 Å². The van der Waals surface area contributed by atoms with Crippen LogP contribution in [0.25, 0.3) is 0 Å². The van der Waals surface area contributed by atoms with Gasteiger partial charge in [0.15, 0.2) is 0 Å². The number of carbonyl (C=O) groups is 1. The summed E-state index contributed by atoms with van der Waals surface area (Å²) >= 11 is 0. The molecule has 0 aromatic heterocycles. The molecule has 0 radical (unpaired) electrons. The van der Waals surface area contributed by atoms with Gasteiger partial charge >= 0.3 is 5.69 Å². The van der Waals surface area contributed by atoms with E-state index in [1.165, 1.54) is 6.07 Å². The summed E-state index contributed by atoms with van der Waals surface area (Å²) in [7, 11) is 0. The average Bonchev–Trinajstić information content (AvgIpc) is 2.54. The van der Waals surface area contributed by atoms with Gasteiger partial charge in [0.1, 0.15) is 0 Å². The molecule has 0 heterocycles. The first kappa shape index (κ1) is 16.4. The number of rotatable bonds is 6. The molecular formula is C16H16FN3O3. The lowest BCUT2D eigenvalue weighted by molar-refractivity contribution is -0.387. The van der Waals surface area contributed by atoms with Crippen molar-refractivity contribution in [2.75, 3.05) is 17.2 Å². The van der Waals surface area contributed by atoms with Crippen molar-refractivity contribution >= 4 is 23.0 Å². The number of nitro benzene ring substituents is 1. The Morgan fingerprint density at radius 3 is 2.70 bits per heavy atom. The minimum Gasteiger partial charge on any atom is -0.376 e. The van der Waals surface area contributed by atoms with Crippen LogP contribution in [0.5, 0.6) is 0 Å². The smallest absolute Gasteiger partial charge is 0.306 e. The fraction of sp³-hybridized carbons (Fsp3) is 0.188. The Hall–Kier alpha value is -2.96. The van der Waals surface area contributed by atoms with Crippen LogP contribution < -0.4 is 10.6 Å². The summed E-state index contributed by atoms with van der Waals surface area (Å²) in [6.45, 7) is 1.93. The molecule has 0 aliphatic rings. The number of nitrogens with one attached hydrogen (secondary N) is 2. The van der Waals surface area contributed by atoms with Crippen molar-refractivity contribution in [2.24, 2.45) is 0 Å². The molecule has 7 heteroatoms. The van der Waals surface area contributed by atoms with Crippen LogP contribution in [-0.2, 0) is 11.2 Å². The largest absolute Gasteiger partial charge is 0.376 e. The van der Waals surface area contributed by atoms with Gasteiger partial charge in [-0.2, -0.15) is 4.39 Å². The lowest BCUT2D eigenvalue weighted by Crippen LogP contribution is -2.21. The number of halogens is 1. The molecule has 0 aliphatic carbocycles. The first-order valence-electron chi connectivity index (χ1n) is 7.06. The fourth-order valence-electron chi connectivity index (χ4n) is 2.02. The molecule has 2 aromatic carbocycles. The number of nitrogens with zero attached hydrogens (tertiary/aromatic N) is 1. The molecule has 2 aromatic rings. The highest BCUT2D eigenvalue weighted by Crippen LogP contribution is 2.21. The summed E-state index contributed by atoms with van der Waals surface area (Å²) in [6.07, 6.45) is 0.862. The van der Waals surface area contributed by atoms with Crippen LogP contribution in [0.4, 0.5) is 21.5 Å². The molecule has 0 bridgehead atoms. The highest BCUT2D eigenvalue weighted by molar-refractivity contribution is 5.93. The number of amides is 1. The van der Waals surface area contributed by atoms with Gasteiger partial charge in [-0.05, 0) is 36.2 Å². The van der Waals surface area contributed by atoms with Crippen molar-refractivity contribution < 1.29 is 14.1 Å². The summed E-state index contributed by atoms with van der Waals surface area (Å²) in [6, 6.07) is 10.9. The Balaban J connectivity index is 1.96. The monoisotopic (exact) mass is 317 g/mol. The van der Waals surface area contributed by atoms with Gasteiger partial charge in [0.05, 0.1) is 11.5 Å². The zero-order valence-electron chi connectivity index (χ0n) is 12.5. The third-order valence-corrected chi connectivity index (χ3v) is 3.21. The number of carbonyl (C=O) groups excluding carboxylic acids is 1. The van der Waals surface area contributed by atoms with Crippen LogP contribution in [0.2, 0.25) is 0 Å². The molecule has 0 spiro atoms. The Bertz CT molecular complexity index is 734. The third kappa shape index (κ3) is 4.50. The van der Waals surface area contributed by atoms with Gasteiger partial charge < -0.3 is 10.6 Å². The van der Waals surface area contributed by atoms with E-state index in [9.17, 15) is 19.3 Å². The number of benzene rings is 2. The quantitative estimate of drug-likeness (QED) is 0.632. The van der Waals surface area contributed by atoms with Crippen molar-refractivity contribution in [3.63, 3.8) is 0 Å². The molecule has 0 saturated carbocycles. The van der Waals surface area contributed by atoms with Gasteiger partial charge in [-0.3, -0.25) is 14.9 Å². The van der Waals surface area contributed by atoms with Crippen LogP contribution >= 0.6 is 0 Å². The topological polar surface area (TPSA) is 84.3 Å². The second kappa shape index (κ2) is 7.35. The first-order chi connectivity index (χ1) is 11.0. The summed E-state index contributed by atoms with van der Waals surface area (Å²) in [5, 5.41) is 16.1. The van der Waals surface area contributed by atoms with E-state index < -0.39 is 16.4 Å². The Morgan fingerprint density at radius 1 is 1.22 bits per heavy atom. The molecule has 0 aliphatic heterocycles. The van der Waals surface area contributed by atoms with Crippen molar-refractivity contribution in [1.29, 1.82) is 0 Å². The average molecular weight is 317 g/mol. The van der Waals surface area contributed by atoms with E-state index in [0.29, 0.717) is 11.4 Å². The Morgan fingerprint density at radius 2 is 2.00 bits per heavy atom. The van der Waals surface area contributed by atoms with Crippen LogP contribution in [0.1, 0.15) is 12.5 Å². The molecule has 23 heavy (non-hydrogen) atoms. The Kier molecular flexibility index (Phi) is 5.24. The van der Waals surface area contributed by atoms with Crippen molar-refractivity contribution in [1.82, 2.24) is 0 Å². The van der Waals surface area contributed by atoms with Crippen LogP contribution in [0, 0.1) is 15.9 Å². The maximum Gasteiger partial charge on any atom is 0.306 e. The van der Waals surface area contributed by atoms with Crippen LogP contribution in [0.3, 0.4) is 0 Å². The predicted octanol–water partition coefficient (Wildman–Crippen LogP) is 3.35. The number of aryl methyl sites for hydroxylation is 1. The maximum atomic E-state index is 13.2. The number of hydrogen-bond donors (Lipinski definition) is 2. The number of nitro groups is 1. The van der Waals surface area contributed by atoms with Gasteiger partial charge in [-0.15, -0.1) is 0 Å². The second-order valence-corrected chi connectivity index (χ2v) is 4.88. The molecule has 2 N–H and O–H groups in total. The van der Waals surface area contributed by atoms with E-state index in [0.717, 1.165) is 24.1 Å². The third-order valence-electron chi connectivity index (χ3n) is 3.21. The van der Waals surface area contributed by atoms with Crippen LogP contribution in [0.15, 0.2) is 42.5 Å². The zero-order chi connectivity index (χ0) is 16.8. The van der Waals surface area contributed by atoms with Crippen molar-refractivity contribution in [2.45, 2.75) is 13.3 Å². The number of hydrogen-bond acceptors (Lipinski definition) is 4. The number of anilines is 2. The van der Waals surface area contributed by atoms with Gasteiger partial charge in [-0.1, -0.05) is 19.1 Å². The zero-order valence-corrected chi connectivity index (χ0v) is 12.5. The molecule has 0 saturated heterocycles. The summed E-state index contributed by atoms with van der Waals surface area (Å²) in [5.41, 5.74) is 1.45. The van der Waals surface area contributed by atoms with Gasteiger partial charge in [0.2, 0.25) is 11.7 Å². The fourth-order valence-corrected chi connectivity index (χ4v) is 2.02. The summed E-state index contributed by atoms with van der Waals surface area (Å²) in [4.78, 5) is 21.8. The van der Waals surface area contributed by atoms with Gasteiger partial charge in [0.25, 0.3) is 0 Å². The van der Waals surface area contributed by atoms with Gasteiger partial charge in [0, 0.05) is 17.4 Å². The molecule has 0 unspecified atom stereocenters.